The second-order valence-electron chi connectivity index (χ2n) is 5.77. The first kappa shape index (κ1) is 16.0. The molecule has 4 nitrogen and oxygen atoms in total. The van der Waals surface area contributed by atoms with Crippen LogP contribution >= 0.6 is 27.5 Å². The van der Waals surface area contributed by atoms with Gasteiger partial charge in [-0.3, -0.25) is 4.90 Å². The lowest BCUT2D eigenvalue weighted by Gasteiger charge is -2.36. The fourth-order valence-corrected chi connectivity index (χ4v) is 3.73. The van der Waals surface area contributed by atoms with Crippen molar-refractivity contribution in [3.8, 4) is 0 Å². The molecule has 3 rings (SSSR count). The van der Waals surface area contributed by atoms with Crippen LogP contribution in [-0.2, 0) is 0 Å². The number of halogens is 2. The summed E-state index contributed by atoms with van der Waals surface area (Å²) in [5.74, 6) is 0.966. The SMILES string of the molecule is C[C@@H](O)CN1CCN(c2ccc3cc(Br)cc(Cl)c3n2)CC1. The number of pyridine rings is 1. The van der Waals surface area contributed by atoms with E-state index in [1.165, 1.54) is 0 Å². The summed E-state index contributed by atoms with van der Waals surface area (Å²) < 4.78 is 0.964. The Hall–Kier alpha value is -0.880. The summed E-state index contributed by atoms with van der Waals surface area (Å²) in [6.07, 6.45) is -0.275. The zero-order valence-corrected chi connectivity index (χ0v) is 14.8. The number of nitrogens with zero attached hydrogens (tertiary/aromatic N) is 3. The van der Waals surface area contributed by atoms with E-state index in [0.29, 0.717) is 5.02 Å². The molecule has 1 atom stereocenters. The number of hydrogen-bond donors (Lipinski definition) is 1. The molecule has 0 radical (unpaired) electrons. The molecule has 2 aromatic rings. The minimum atomic E-state index is -0.275. The number of rotatable bonds is 3. The van der Waals surface area contributed by atoms with E-state index in [0.717, 1.165) is 53.9 Å². The third-order valence-electron chi connectivity index (χ3n) is 3.91. The maximum atomic E-state index is 9.47. The third-order valence-corrected chi connectivity index (χ3v) is 4.66. The first-order chi connectivity index (χ1) is 10.5. The van der Waals surface area contributed by atoms with E-state index >= 15 is 0 Å². The maximum absolute atomic E-state index is 9.47. The molecule has 0 aliphatic carbocycles. The van der Waals surface area contributed by atoms with Crippen LogP contribution in [0.2, 0.25) is 5.02 Å². The minimum absolute atomic E-state index is 0.275. The Bertz CT molecular complexity index is 672. The highest BCUT2D eigenvalue weighted by Crippen LogP contribution is 2.28. The van der Waals surface area contributed by atoms with Gasteiger partial charge in [0.25, 0.3) is 0 Å². The Morgan fingerprint density at radius 3 is 2.68 bits per heavy atom. The van der Waals surface area contributed by atoms with Crippen LogP contribution in [-0.4, -0.2) is 53.8 Å². The molecule has 0 spiro atoms. The molecule has 6 heteroatoms. The molecule has 22 heavy (non-hydrogen) atoms. The lowest BCUT2D eigenvalue weighted by Crippen LogP contribution is -2.48. The van der Waals surface area contributed by atoms with Crippen LogP contribution < -0.4 is 4.90 Å². The van der Waals surface area contributed by atoms with E-state index in [1.54, 1.807) is 0 Å². The van der Waals surface area contributed by atoms with Crippen molar-refractivity contribution in [2.75, 3.05) is 37.6 Å². The molecule has 1 N–H and O–H groups in total. The molecule has 1 aliphatic heterocycles. The van der Waals surface area contributed by atoms with Crippen LogP contribution in [0.1, 0.15) is 6.92 Å². The Morgan fingerprint density at radius 1 is 1.27 bits per heavy atom. The van der Waals surface area contributed by atoms with Crippen LogP contribution in [0.25, 0.3) is 10.9 Å². The van der Waals surface area contributed by atoms with Crippen LogP contribution in [0.5, 0.6) is 0 Å². The number of fused-ring (bicyclic) bond motifs is 1. The average Bonchev–Trinajstić information content (AvgIpc) is 2.47. The summed E-state index contributed by atoms with van der Waals surface area (Å²) in [4.78, 5) is 9.29. The highest BCUT2D eigenvalue weighted by molar-refractivity contribution is 9.10. The van der Waals surface area contributed by atoms with E-state index < -0.39 is 0 Å². The van der Waals surface area contributed by atoms with Gasteiger partial charge in [-0.2, -0.15) is 0 Å². The molecule has 0 unspecified atom stereocenters. The molecule has 0 bridgehead atoms. The zero-order chi connectivity index (χ0) is 15.7. The predicted octanol–water partition coefficient (Wildman–Crippen LogP) is 3.15. The molecule has 1 saturated heterocycles. The summed E-state index contributed by atoms with van der Waals surface area (Å²) in [5.41, 5.74) is 0.841. The van der Waals surface area contributed by atoms with Gasteiger partial charge in [0, 0.05) is 42.6 Å². The van der Waals surface area contributed by atoms with Crippen molar-refractivity contribution in [2.24, 2.45) is 0 Å². The summed E-state index contributed by atoms with van der Waals surface area (Å²) in [6.45, 7) is 6.28. The van der Waals surface area contributed by atoms with Gasteiger partial charge in [0.1, 0.15) is 5.82 Å². The predicted molar refractivity (Wildman–Crippen MR) is 94.8 cm³/mol. The Labute approximate surface area is 143 Å². The van der Waals surface area contributed by atoms with Crippen LogP contribution in [0.3, 0.4) is 0 Å². The number of aromatic nitrogens is 1. The Morgan fingerprint density at radius 2 is 2.00 bits per heavy atom. The lowest BCUT2D eigenvalue weighted by atomic mass is 10.2. The van der Waals surface area contributed by atoms with Gasteiger partial charge in [-0.15, -0.1) is 0 Å². The monoisotopic (exact) mass is 383 g/mol. The standard InChI is InChI=1S/C16H19BrClN3O/c1-11(22)10-20-4-6-21(7-5-20)15-3-2-12-8-13(17)9-14(18)16(12)19-15/h2-3,8-9,11,22H,4-7,10H2,1H3/t11-/m1/s1. The van der Waals surface area contributed by atoms with E-state index in [-0.39, 0.29) is 6.10 Å². The van der Waals surface area contributed by atoms with Gasteiger partial charge in [0.05, 0.1) is 16.6 Å². The topological polar surface area (TPSA) is 39.6 Å². The van der Waals surface area contributed by atoms with Gasteiger partial charge in [-0.05, 0) is 31.2 Å². The van der Waals surface area contributed by atoms with E-state index in [2.05, 4.69) is 37.9 Å². The van der Waals surface area contributed by atoms with Crippen molar-refractivity contribution < 1.29 is 5.11 Å². The number of benzene rings is 1. The number of aliphatic hydroxyl groups is 1. The summed E-state index contributed by atoms with van der Waals surface area (Å²) in [5, 5.41) is 11.2. The van der Waals surface area contributed by atoms with E-state index in [1.807, 2.05) is 19.1 Å². The fourth-order valence-electron chi connectivity index (χ4n) is 2.86. The van der Waals surface area contributed by atoms with Gasteiger partial charge in [-0.25, -0.2) is 4.98 Å². The quantitative estimate of drug-likeness (QED) is 0.882. The number of anilines is 1. The molecular weight excluding hydrogens is 366 g/mol. The molecule has 2 heterocycles. The summed E-state index contributed by atoms with van der Waals surface area (Å²) in [6, 6.07) is 8.02. The van der Waals surface area contributed by atoms with Gasteiger partial charge >= 0.3 is 0 Å². The van der Waals surface area contributed by atoms with Crippen LogP contribution in [0.4, 0.5) is 5.82 Å². The van der Waals surface area contributed by atoms with Gasteiger partial charge in [0.15, 0.2) is 0 Å². The van der Waals surface area contributed by atoms with Crippen molar-refractivity contribution in [1.29, 1.82) is 0 Å². The summed E-state index contributed by atoms with van der Waals surface area (Å²) >= 11 is 9.76. The third kappa shape index (κ3) is 3.54. The molecule has 118 valence electrons. The Kier molecular flexibility index (Phi) is 4.88. The molecule has 0 amide bonds. The highest BCUT2D eigenvalue weighted by atomic mass is 79.9. The lowest BCUT2D eigenvalue weighted by molar-refractivity contribution is 0.122. The minimum Gasteiger partial charge on any atom is -0.392 e. The molecule has 0 saturated carbocycles. The van der Waals surface area contributed by atoms with Gasteiger partial charge in [-0.1, -0.05) is 27.5 Å². The average molecular weight is 385 g/mol. The molecule has 1 aromatic carbocycles. The van der Waals surface area contributed by atoms with Gasteiger partial charge < -0.3 is 10.0 Å². The number of aliphatic hydroxyl groups excluding tert-OH is 1. The largest absolute Gasteiger partial charge is 0.392 e. The van der Waals surface area contributed by atoms with E-state index in [4.69, 9.17) is 16.6 Å². The fraction of sp³-hybridized carbons (Fsp3) is 0.438. The van der Waals surface area contributed by atoms with Crippen LogP contribution in [0.15, 0.2) is 28.7 Å². The van der Waals surface area contributed by atoms with Crippen LogP contribution in [0, 0.1) is 0 Å². The number of hydrogen-bond acceptors (Lipinski definition) is 4. The zero-order valence-electron chi connectivity index (χ0n) is 12.5. The van der Waals surface area contributed by atoms with E-state index in [9.17, 15) is 5.11 Å². The van der Waals surface area contributed by atoms with Crippen molar-refractivity contribution in [3.63, 3.8) is 0 Å². The molecular formula is C16H19BrClN3O. The number of β-amino-alcohol motifs (C(OH)–C–C–N with tert-alkyl or cyclic N) is 1. The molecule has 1 aliphatic rings. The van der Waals surface area contributed by atoms with Crippen molar-refractivity contribution >= 4 is 44.3 Å². The maximum Gasteiger partial charge on any atom is 0.129 e. The van der Waals surface area contributed by atoms with Gasteiger partial charge in [0.2, 0.25) is 0 Å². The summed E-state index contributed by atoms with van der Waals surface area (Å²) in [7, 11) is 0. The van der Waals surface area contributed by atoms with Crippen molar-refractivity contribution in [1.82, 2.24) is 9.88 Å². The number of piperazine rings is 1. The normalized spacial score (nSPS) is 17.9. The second kappa shape index (κ2) is 6.71. The first-order valence-electron chi connectivity index (χ1n) is 7.44. The highest BCUT2D eigenvalue weighted by Gasteiger charge is 2.19. The molecule has 1 fully saturated rings. The smallest absolute Gasteiger partial charge is 0.129 e. The second-order valence-corrected chi connectivity index (χ2v) is 7.09. The first-order valence-corrected chi connectivity index (χ1v) is 8.61. The van der Waals surface area contributed by atoms with Crippen molar-refractivity contribution in [2.45, 2.75) is 13.0 Å². The Balaban J connectivity index is 1.77. The van der Waals surface area contributed by atoms with Crippen molar-refractivity contribution in [3.05, 3.63) is 33.8 Å². The molecule has 1 aromatic heterocycles.